The Balaban J connectivity index is 1.75. The maximum absolute atomic E-state index is 12.2. The van der Waals surface area contributed by atoms with Crippen LogP contribution in [0.5, 0.6) is 0 Å². The lowest BCUT2D eigenvalue weighted by atomic mass is 10.2. The monoisotopic (exact) mass is 335 g/mol. The van der Waals surface area contributed by atoms with E-state index in [9.17, 15) is 4.79 Å². The molecule has 0 bridgehead atoms. The molecule has 1 atom stereocenters. The zero-order valence-electron chi connectivity index (χ0n) is 11.0. The van der Waals surface area contributed by atoms with Crippen molar-refractivity contribution in [3.8, 4) is 0 Å². The van der Waals surface area contributed by atoms with E-state index in [2.05, 4.69) is 41.0 Å². The first-order valence-electron chi connectivity index (χ1n) is 6.48. The van der Waals surface area contributed by atoms with Crippen LogP contribution < -0.4 is 5.32 Å². The summed E-state index contributed by atoms with van der Waals surface area (Å²) in [6.45, 7) is 2.84. The lowest BCUT2D eigenvalue weighted by Crippen LogP contribution is -2.28. The Morgan fingerprint density at radius 3 is 3.10 bits per heavy atom. The second-order valence-corrected chi connectivity index (χ2v) is 5.73. The molecule has 2 aromatic heterocycles. The molecule has 1 unspecified atom stereocenters. The standard InChI is InChI=1S/C13H14BrN5O/c1-8(12-18-17-11-3-2-4-19(11)12)16-13(20)9-5-10(14)7-15-6-9/h5-8H,2-4H2,1H3,(H,16,20). The Labute approximate surface area is 124 Å². The van der Waals surface area contributed by atoms with Crippen LogP contribution in [0.25, 0.3) is 0 Å². The van der Waals surface area contributed by atoms with Gasteiger partial charge >= 0.3 is 0 Å². The molecule has 1 amide bonds. The van der Waals surface area contributed by atoms with Gasteiger partial charge in [0.05, 0.1) is 11.6 Å². The summed E-state index contributed by atoms with van der Waals surface area (Å²) < 4.78 is 2.87. The van der Waals surface area contributed by atoms with Crippen molar-refractivity contribution >= 4 is 21.8 Å². The van der Waals surface area contributed by atoms with Crippen molar-refractivity contribution < 1.29 is 4.79 Å². The van der Waals surface area contributed by atoms with Crippen LogP contribution in [-0.2, 0) is 13.0 Å². The molecule has 0 radical (unpaired) electrons. The first-order valence-corrected chi connectivity index (χ1v) is 7.28. The van der Waals surface area contributed by atoms with E-state index < -0.39 is 0 Å². The van der Waals surface area contributed by atoms with E-state index >= 15 is 0 Å². The molecule has 3 heterocycles. The van der Waals surface area contributed by atoms with Gasteiger partial charge in [-0.1, -0.05) is 0 Å². The number of nitrogens with one attached hydrogen (secondary N) is 1. The molecule has 0 fully saturated rings. The molecule has 2 aromatic rings. The minimum atomic E-state index is -0.180. The van der Waals surface area contributed by atoms with Crippen LogP contribution in [-0.4, -0.2) is 25.7 Å². The normalized spacial score (nSPS) is 14.9. The van der Waals surface area contributed by atoms with E-state index in [1.807, 2.05) is 6.92 Å². The van der Waals surface area contributed by atoms with E-state index in [4.69, 9.17) is 0 Å². The molecular formula is C13H14BrN5O. The summed E-state index contributed by atoms with van der Waals surface area (Å²) >= 11 is 3.31. The SMILES string of the molecule is CC(NC(=O)c1cncc(Br)c1)c1nnc2n1CCC2. The number of aryl methyl sites for hydroxylation is 1. The second-order valence-electron chi connectivity index (χ2n) is 4.82. The van der Waals surface area contributed by atoms with Crippen LogP contribution in [0.1, 0.15) is 41.4 Å². The third-order valence-electron chi connectivity index (χ3n) is 3.34. The summed E-state index contributed by atoms with van der Waals surface area (Å²) in [5.74, 6) is 1.65. The fourth-order valence-corrected chi connectivity index (χ4v) is 2.74. The number of carbonyl (C=O) groups is 1. The van der Waals surface area contributed by atoms with Crippen molar-refractivity contribution in [1.82, 2.24) is 25.1 Å². The van der Waals surface area contributed by atoms with E-state index in [-0.39, 0.29) is 11.9 Å². The highest BCUT2D eigenvalue weighted by atomic mass is 79.9. The Morgan fingerprint density at radius 2 is 2.30 bits per heavy atom. The quantitative estimate of drug-likeness (QED) is 0.929. The highest BCUT2D eigenvalue weighted by molar-refractivity contribution is 9.10. The van der Waals surface area contributed by atoms with Gasteiger partial charge in [0.15, 0.2) is 5.82 Å². The van der Waals surface area contributed by atoms with Gasteiger partial charge in [-0.05, 0) is 35.3 Å². The highest BCUT2D eigenvalue weighted by Gasteiger charge is 2.22. The van der Waals surface area contributed by atoms with E-state index in [0.717, 1.165) is 35.5 Å². The number of fused-ring (bicyclic) bond motifs is 1. The molecule has 6 nitrogen and oxygen atoms in total. The Morgan fingerprint density at radius 1 is 1.45 bits per heavy atom. The number of aromatic nitrogens is 4. The molecule has 1 N–H and O–H groups in total. The van der Waals surface area contributed by atoms with Gasteiger partial charge in [-0.2, -0.15) is 0 Å². The van der Waals surface area contributed by atoms with Crippen molar-refractivity contribution in [2.24, 2.45) is 0 Å². The van der Waals surface area contributed by atoms with Gasteiger partial charge < -0.3 is 9.88 Å². The van der Waals surface area contributed by atoms with Crippen LogP contribution in [0.2, 0.25) is 0 Å². The number of hydrogen-bond acceptors (Lipinski definition) is 4. The maximum Gasteiger partial charge on any atom is 0.253 e. The van der Waals surface area contributed by atoms with Crippen LogP contribution in [0.4, 0.5) is 0 Å². The number of pyridine rings is 1. The van der Waals surface area contributed by atoms with Crippen LogP contribution >= 0.6 is 15.9 Å². The first kappa shape index (κ1) is 13.2. The smallest absolute Gasteiger partial charge is 0.253 e. The predicted octanol–water partition coefficient (Wildman–Crippen LogP) is 1.87. The predicted molar refractivity (Wildman–Crippen MR) is 76.2 cm³/mol. The summed E-state index contributed by atoms with van der Waals surface area (Å²) in [4.78, 5) is 16.2. The summed E-state index contributed by atoms with van der Waals surface area (Å²) in [6, 6.07) is 1.56. The molecule has 1 aliphatic heterocycles. The molecule has 0 aliphatic carbocycles. The summed E-state index contributed by atoms with van der Waals surface area (Å²) in [5, 5.41) is 11.3. The first-order chi connectivity index (χ1) is 9.65. The molecule has 0 aromatic carbocycles. The van der Waals surface area contributed by atoms with Gasteiger partial charge in [0.1, 0.15) is 5.82 Å². The second kappa shape index (κ2) is 5.32. The fraction of sp³-hybridized carbons (Fsp3) is 0.385. The number of halogens is 1. The molecule has 1 aliphatic rings. The van der Waals surface area contributed by atoms with Gasteiger partial charge in [0.25, 0.3) is 5.91 Å². The topological polar surface area (TPSA) is 72.7 Å². The average Bonchev–Trinajstić information content (AvgIpc) is 3.00. The van der Waals surface area contributed by atoms with Crippen molar-refractivity contribution in [3.05, 3.63) is 40.1 Å². The molecule has 104 valence electrons. The maximum atomic E-state index is 12.2. The summed E-state index contributed by atoms with van der Waals surface area (Å²) in [5.41, 5.74) is 0.521. The molecule has 0 saturated carbocycles. The summed E-state index contributed by atoms with van der Waals surface area (Å²) in [6.07, 6.45) is 5.24. The van der Waals surface area contributed by atoms with Gasteiger partial charge in [0, 0.05) is 29.8 Å². The number of hydrogen-bond donors (Lipinski definition) is 1. The minimum Gasteiger partial charge on any atom is -0.342 e. The van der Waals surface area contributed by atoms with E-state index in [1.54, 1.807) is 18.5 Å². The number of amides is 1. The van der Waals surface area contributed by atoms with Crippen LogP contribution in [0.15, 0.2) is 22.9 Å². The molecular weight excluding hydrogens is 322 g/mol. The number of rotatable bonds is 3. The Kier molecular flexibility index (Phi) is 3.52. The third kappa shape index (κ3) is 2.45. The Hall–Kier alpha value is -1.76. The average molecular weight is 336 g/mol. The van der Waals surface area contributed by atoms with Crippen LogP contribution in [0.3, 0.4) is 0 Å². The zero-order valence-corrected chi connectivity index (χ0v) is 12.6. The molecule has 7 heteroatoms. The van der Waals surface area contributed by atoms with Gasteiger partial charge in [-0.3, -0.25) is 9.78 Å². The largest absolute Gasteiger partial charge is 0.342 e. The number of nitrogens with zero attached hydrogens (tertiary/aromatic N) is 4. The minimum absolute atomic E-state index is 0.165. The van der Waals surface area contributed by atoms with Crippen molar-refractivity contribution in [2.75, 3.05) is 0 Å². The van der Waals surface area contributed by atoms with Gasteiger partial charge in [-0.25, -0.2) is 0 Å². The van der Waals surface area contributed by atoms with Crippen molar-refractivity contribution in [3.63, 3.8) is 0 Å². The molecule has 0 saturated heterocycles. The van der Waals surface area contributed by atoms with Crippen molar-refractivity contribution in [1.29, 1.82) is 0 Å². The Bertz CT molecular complexity index is 654. The van der Waals surface area contributed by atoms with E-state index in [1.165, 1.54) is 0 Å². The highest BCUT2D eigenvalue weighted by Crippen LogP contribution is 2.19. The number of carbonyl (C=O) groups excluding carboxylic acids is 1. The molecule has 20 heavy (non-hydrogen) atoms. The van der Waals surface area contributed by atoms with Gasteiger partial charge in [-0.15, -0.1) is 10.2 Å². The molecule has 3 rings (SSSR count). The van der Waals surface area contributed by atoms with E-state index in [0.29, 0.717) is 5.56 Å². The summed E-state index contributed by atoms with van der Waals surface area (Å²) in [7, 11) is 0. The van der Waals surface area contributed by atoms with Gasteiger partial charge in [0.2, 0.25) is 0 Å². The lowest BCUT2D eigenvalue weighted by Gasteiger charge is -2.13. The van der Waals surface area contributed by atoms with Crippen molar-refractivity contribution in [2.45, 2.75) is 32.4 Å². The lowest BCUT2D eigenvalue weighted by molar-refractivity contribution is 0.0937. The van der Waals surface area contributed by atoms with Crippen LogP contribution in [0, 0.1) is 0 Å². The fourth-order valence-electron chi connectivity index (χ4n) is 2.37. The zero-order chi connectivity index (χ0) is 14.1. The molecule has 0 spiro atoms. The third-order valence-corrected chi connectivity index (χ3v) is 3.77.